The second kappa shape index (κ2) is 10.8. The average Bonchev–Trinajstić information content (AvgIpc) is 2.42. The molecule has 0 bridgehead atoms. The van der Waals surface area contributed by atoms with E-state index in [0.29, 0.717) is 5.92 Å². The maximum absolute atomic E-state index is 4.32. The van der Waals surface area contributed by atoms with Crippen LogP contribution in [0.4, 0.5) is 0 Å². The Morgan fingerprint density at radius 2 is 1.79 bits per heavy atom. The molecular formula is C19H32. The summed E-state index contributed by atoms with van der Waals surface area (Å²) in [6.07, 6.45) is 15.0. The van der Waals surface area contributed by atoms with Gasteiger partial charge < -0.3 is 0 Å². The van der Waals surface area contributed by atoms with Crippen molar-refractivity contribution in [2.24, 2.45) is 5.92 Å². The van der Waals surface area contributed by atoms with E-state index in [1.807, 2.05) is 6.92 Å². The van der Waals surface area contributed by atoms with Crippen LogP contribution in [0.1, 0.15) is 66.7 Å². The van der Waals surface area contributed by atoms with Gasteiger partial charge in [-0.2, -0.15) is 0 Å². The van der Waals surface area contributed by atoms with E-state index >= 15 is 0 Å². The van der Waals surface area contributed by atoms with Crippen molar-refractivity contribution < 1.29 is 0 Å². The Morgan fingerprint density at radius 1 is 1.11 bits per heavy atom. The van der Waals surface area contributed by atoms with Crippen LogP contribution in [0.25, 0.3) is 0 Å². The van der Waals surface area contributed by atoms with Crippen molar-refractivity contribution in [3.8, 4) is 0 Å². The minimum atomic E-state index is 0.677. The van der Waals surface area contributed by atoms with E-state index in [0.717, 1.165) is 0 Å². The van der Waals surface area contributed by atoms with E-state index in [-0.39, 0.29) is 0 Å². The predicted molar refractivity (Wildman–Crippen MR) is 89.4 cm³/mol. The van der Waals surface area contributed by atoms with Gasteiger partial charge in [-0.3, -0.25) is 0 Å². The summed E-state index contributed by atoms with van der Waals surface area (Å²) in [6.45, 7) is 15.2. The first-order valence-corrected chi connectivity index (χ1v) is 7.77. The zero-order valence-electron chi connectivity index (χ0n) is 13.6. The van der Waals surface area contributed by atoms with Gasteiger partial charge in [0.15, 0.2) is 0 Å². The average molecular weight is 260 g/mol. The van der Waals surface area contributed by atoms with Crippen molar-refractivity contribution in [2.45, 2.75) is 66.7 Å². The first kappa shape index (κ1) is 18.0. The number of rotatable bonds is 9. The molecule has 0 aliphatic rings. The molecule has 0 saturated heterocycles. The second-order valence-electron chi connectivity index (χ2n) is 5.23. The Kier molecular flexibility index (Phi) is 10.2. The minimum Gasteiger partial charge on any atom is -0.0912 e. The van der Waals surface area contributed by atoms with Gasteiger partial charge in [0.05, 0.1) is 0 Å². The zero-order chi connectivity index (χ0) is 14.7. The van der Waals surface area contributed by atoms with E-state index in [2.05, 4.69) is 58.6 Å². The van der Waals surface area contributed by atoms with E-state index in [9.17, 15) is 0 Å². The third-order valence-electron chi connectivity index (χ3n) is 3.66. The largest absolute Gasteiger partial charge is 0.0912 e. The Hall–Kier alpha value is -1.04. The van der Waals surface area contributed by atoms with Crippen LogP contribution in [0.5, 0.6) is 0 Å². The topological polar surface area (TPSA) is 0 Å². The molecule has 0 aromatic heterocycles. The second-order valence-corrected chi connectivity index (χ2v) is 5.23. The zero-order valence-corrected chi connectivity index (χ0v) is 13.6. The van der Waals surface area contributed by atoms with E-state index < -0.39 is 0 Å². The third kappa shape index (κ3) is 6.61. The summed E-state index contributed by atoms with van der Waals surface area (Å²) < 4.78 is 0. The van der Waals surface area contributed by atoms with Gasteiger partial charge in [-0.25, -0.2) is 0 Å². The SMILES string of the molecule is C=C(/C(C)=C\C=C/C)/C(=C\C)C(CCC)CCCC. The predicted octanol–water partition coefficient (Wildman–Crippen LogP) is 6.62. The summed E-state index contributed by atoms with van der Waals surface area (Å²) in [5.74, 6) is 0.677. The lowest BCUT2D eigenvalue weighted by molar-refractivity contribution is 0.493. The summed E-state index contributed by atoms with van der Waals surface area (Å²) >= 11 is 0. The van der Waals surface area contributed by atoms with E-state index in [1.54, 1.807) is 0 Å². The highest BCUT2D eigenvalue weighted by Gasteiger charge is 2.15. The van der Waals surface area contributed by atoms with Gasteiger partial charge in [0.1, 0.15) is 0 Å². The van der Waals surface area contributed by atoms with Gasteiger partial charge in [-0.05, 0) is 56.3 Å². The highest BCUT2D eigenvalue weighted by Crippen LogP contribution is 2.31. The molecule has 0 spiro atoms. The van der Waals surface area contributed by atoms with Crippen molar-refractivity contribution in [3.63, 3.8) is 0 Å². The molecule has 0 nitrogen and oxygen atoms in total. The van der Waals surface area contributed by atoms with Gasteiger partial charge in [-0.1, -0.05) is 64.0 Å². The highest BCUT2D eigenvalue weighted by atomic mass is 14.2. The molecule has 0 fully saturated rings. The molecular weight excluding hydrogens is 228 g/mol. The monoisotopic (exact) mass is 260 g/mol. The van der Waals surface area contributed by atoms with Crippen LogP contribution in [0.2, 0.25) is 0 Å². The maximum atomic E-state index is 4.32. The van der Waals surface area contributed by atoms with Gasteiger partial charge in [0, 0.05) is 0 Å². The lowest BCUT2D eigenvalue weighted by Gasteiger charge is -2.22. The van der Waals surface area contributed by atoms with Crippen LogP contribution < -0.4 is 0 Å². The molecule has 19 heavy (non-hydrogen) atoms. The molecule has 0 rings (SSSR count). The van der Waals surface area contributed by atoms with Crippen molar-refractivity contribution in [1.82, 2.24) is 0 Å². The summed E-state index contributed by atoms with van der Waals surface area (Å²) in [5, 5.41) is 0. The van der Waals surface area contributed by atoms with Gasteiger partial charge in [0.25, 0.3) is 0 Å². The number of hydrogen-bond acceptors (Lipinski definition) is 0. The molecule has 0 aliphatic heterocycles. The molecule has 0 heterocycles. The molecule has 0 heteroatoms. The molecule has 0 N–H and O–H groups in total. The van der Waals surface area contributed by atoms with Crippen molar-refractivity contribution >= 4 is 0 Å². The smallest absolute Gasteiger partial charge is 0.0160 e. The fraction of sp³-hybridized carbons (Fsp3) is 0.579. The van der Waals surface area contributed by atoms with E-state index in [4.69, 9.17) is 0 Å². The molecule has 0 saturated carbocycles. The lowest BCUT2D eigenvalue weighted by Crippen LogP contribution is -2.07. The van der Waals surface area contributed by atoms with Crippen LogP contribution in [-0.2, 0) is 0 Å². The van der Waals surface area contributed by atoms with Gasteiger partial charge in [-0.15, -0.1) is 0 Å². The van der Waals surface area contributed by atoms with Crippen molar-refractivity contribution in [3.05, 3.63) is 47.6 Å². The molecule has 0 radical (unpaired) electrons. The standard InChI is InChI=1S/C19H32/c1-7-11-14-16(5)17(6)19(10-4)18(13-9-3)15-12-8-2/h7,10-11,14,18H,6,8-9,12-13,15H2,1-5H3/b11-7-,16-14-,19-10+. The Morgan fingerprint density at radius 3 is 2.26 bits per heavy atom. The summed E-state index contributed by atoms with van der Waals surface area (Å²) in [6, 6.07) is 0. The first-order chi connectivity index (χ1) is 9.12. The Labute approximate surface area is 121 Å². The molecule has 0 aromatic rings. The Balaban J connectivity index is 4.99. The van der Waals surface area contributed by atoms with Crippen LogP contribution >= 0.6 is 0 Å². The third-order valence-corrected chi connectivity index (χ3v) is 3.66. The normalized spacial score (nSPS) is 15.0. The fourth-order valence-corrected chi connectivity index (χ4v) is 2.48. The molecule has 0 aliphatic carbocycles. The quantitative estimate of drug-likeness (QED) is 0.409. The number of hydrogen-bond donors (Lipinski definition) is 0. The van der Waals surface area contributed by atoms with Crippen molar-refractivity contribution in [2.75, 3.05) is 0 Å². The summed E-state index contributed by atoms with van der Waals surface area (Å²) in [7, 11) is 0. The minimum absolute atomic E-state index is 0.677. The van der Waals surface area contributed by atoms with E-state index in [1.165, 1.54) is 48.8 Å². The maximum Gasteiger partial charge on any atom is -0.0160 e. The van der Waals surface area contributed by atoms with Crippen LogP contribution in [0, 0.1) is 5.92 Å². The van der Waals surface area contributed by atoms with Gasteiger partial charge in [0.2, 0.25) is 0 Å². The molecule has 108 valence electrons. The number of allylic oxidation sites excluding steroid dienone is 7. The molecule has 1 unspecified atom stereocenters. The Bertz CT molecular complexity index is 339. The van der Waals surface area contributed by atoms with Crippen LogP contribution in [0.3, 0.4) is 0 Å². The number of unbranched alkanes of at least 4 members (excludes halogenated alkanes) is 1. The summed E-state index contributed by atoms with van der Waals surface area (Å²) in [5.41, 5.74) is 3.95. The first-order valence-electron chi connectivity index (χ1n) is 7.77. The fourth-order valence-electron chi connectivity index (χ4n) is 2.48. The van der Waals surface area contributed by atoms with Gasteiger partial charge >= 0.3 is 0 Å². The summed E-state index contributed by atoms with van der Waals surface area (Å²) in [4.78, 5) is 0. The highest BCUT2D eigenvalue weighted by molar-refractivity contribution is 5.45. The molecule has 1 atom stereocenters. The van der Waals surface area contributed by atoms with Crippen molar-refractivity contribution in [1.29, 1.82) is 0 Å². The van der Waals surface area contributed by atoms with Crippen LogP contribution in [0.15, 0.2) is 47.6 Å². The molecule has 0 aromatic carbocycles. The lowest BCUT2D eigenvalue weighted by atomic mass is 9.83. The molecule has 0 amide bonds. The van der Waals surface area contributed by atoms with Crippen LogP contribution in [-0.4, -0.2) is 0 Å².